The van der Waals surface area contributed by atoms with E-state index >= 15 is 0 Å². The molecule has 2 atom stereocenters. The first-order chi connectivity index (χ1) is 11.8. The molecule has 2 rings (SSSR count). The number of aliphatic hydroxyl groups excluding tert-OH is 1. The van der Waals surface area contributed by atoms with Crippen molar-refractivity contribution in [1.82, 2.24) is 10.2 Å². The van der Waals surface area contributed by atoms with E-state index in [2.05, 4.69) is 16.9 Å². The zero-order chi connectivity index (χ0) is 18.6. The van der Waals surface area contributed by atoms with Crippen LogP contribution in [0.3, 0.4) is 0 Å². The summed E-state index contributed by atoms with van der Waals surface area (Å²) in [6.07, 6.45) is 5.97. The Morgan fingerprint density at radius 2 is 2.28 bits per heavy atom. The lowest BCUT2D eigenvalue weighted by molar-refractivity contribution is -0.128. The fourth-order valence-corrected chi connectivity index (χ4v) is 3.15. The number of nitrogens with one attached hydrogen (secondary N) is 2. The molecule has 1 saturated heterocycles. The fraction of sp³-hybridized carbons (Fsp3) is 0.526. The topological polar surface area (TPSA) is 88.8 Å². The van der Waals surface area contributed by atoms with Gasteiger partial charge in [0.15, 0.2) is 0 Å². The number of amides is 1. The molecular weight excluding hydrogens is 316 g/mol. The van der Waals surface area contributed by atoms with Crippen LogP contribution in [0.5, 0.6) is 0 Å². The average molecular weight is 344 g/mol. The Kier molecular flexibility index (Phi) is 6.31. The second-order valence-corrected chi connectivity index (χ2v) is 6.89. The van der Waals surface area contributed by atoms with Crippen LogP contribution >= 0.6 is 0 Å². The summed E-state index contributed by atoms with van der Waals surface area (Å²) in [5, 5.41) is 21.3. The van der Waals surface area contributed by atoms with E-state index in [1.54, 1.807) is 11.0 Å². The Morgan fingerprint density at radius 3 is 2.92 bits per heavy atom. The van der Waals surface area contributed by atoms with Gasteiger partial charge in [-0.05, 0) is 25.7 Å². The van der Waals surface area contributed by atoms with Crippen LogP contribution in [0.4, 0.5) is 0 Å². The minimum absolute atomic E-state index is 0.0693. The summed E-state index contributed by atoms with van der Waals surface area (Å²) in [6, 6.07) is 0.0693. The molecule has 0 aromatic rings. The van der Waals surface area contributed by atoms with Crippen LogP contribution in [0, 0.1) is 11.3 Å². The van der Waals surface area contributed by atoms with Crippen LogP contribution in [0.1, 0.15) is 33.6 Å². The number of hydrogen-bond acceptors (Lipinski definition) is 5. The van der Waals surface area contributed by atoms with Gasteiger partial charge < -0.3 is 15.3 Å². The molecule has 6 heteroatoms. The SMILES string of the molecule is C=C(NC1CCCN(C(=O)C2=CN=CC(=N)/C2=C\C)C1)[C@H](O)C(C)C. The maximum absolute atomic E-state index is 12.9. The normalized spacial score (nSPS) is 23.6. The van der Waals surface area contributed by atoms with Crippen LogP contribution in [-0.4, -0.2) is 53.1 Å². The lowest BCUT2D eigenvalue weighted by Gasteiger charge is -2.35. The van der Waals surface area contributed by atoms with Crippen molar-refractivity contribution in [3.05, 3.63) is 35.7 Å². The highest BCUT2D eigenvalue weighted by Gasteiger charge is 2.29. The summed E-state index contributed by atoms with van der Waals surface area (Å²) in [5.74, 6) is -0.00827. The summed E-state index contributed by atoms with van der Waals surface area (Å²) in [4.78, 5) is 18.7. The molecule has 0 radical (unpaired) electrons. The molecular formula is C19H28N4O2. The average Bonchev–Trinajstić information content (AvgIpc) is 2.60. The fourth-order valence-electron chi connectivity index (χ4n) is 3.15. The molecule has 0 aromatic carbocycles. The molecule has 25 heavy (non-hydrogen) atoms. The molecule has 6 nitrogen and oxygen atoms in total. The van der Waals surface area contributed by atoms with Gasteiger partial charge in [0.05, 0.1) is 23.6 Å². The number of aliphatic imine (C=N–C) groups is 1. The number of rotatable bonds is 5. The van der Waals surface area contributed by atoms with Crippen molar-refractivity contribution in [2.75, 3.05) is 13.1 Å². The van der Waals surface area contributed by atoms with Crippen LogP contribution in [-0.2, 0) is 4.79 Å². The van der Waals surface area contributed by atoms with Crippen molar-refractivity contribution < 1.29 is 9.90 Å². The summed E-state index contributed by atoms with van der Waals surface area (Å²) in [6.45, 7) is 10.9. The summed E-state index contributed by atoms with van der Waals surface area (Å²) in [5.41, 5.74) is 1.95. The van der Waals surface area contributed by atoms with Gasteiger partial charge in [-0.1, -0.05) is 26.5 Å². The van der Waals surface area contributed by atoms with E-state index in [4.69, 9.17) is 5.41 Å². The van der Waals surface area contributed by atoms with E-state index in [-0.39, 0.29) is 23.6 Å². The highest BCUT2D eigenvalue weighted by atomic mass is 16.3. The van der Waals surface area contributed by atoms with Gasteiger partial charge in [-0.15, -0.1) is 0 Å². The van der Waals surface area contributed by atoms with Gasteiger partial charge >= 0.3 is 0 Å². The number of likely N-dealkylation sites (tertiary alicyclic amines) is 1. The minimum Gasteiger partial charge on any atom is -0.387 e. The molecule has 2 aliphatic heterocycles. The first kappa shape index (κ1) is 19.1. The van der Waals surface area contributed by atoms with Crippen LogP contribution in [0.2, 0.25) is 0 Å². The van der Waals surface area contributed by atoms with Gasteiger partial charge in [0.25, 0.3) is 5.91 Å². The number of piperidine rings is 1. The molecule has 0 bridgehead atoms. The predicted molar refractivity (Wildman–Crippen MR) is 101 cm³/mol. The lowest BCUT2D eigenvalue weighted by Crippen LogP contribution is -2.49. The Bertz CT molecular complexity index is 646. The number of aliphatic hydroxyl groups is 1. The Hall–Kier alpha value is -2.21. The third-order valence-corrected chi connectivity index (χ3v) is 4.59. The minimum atomic E-state index is -0.600. The molecule has 0 saturated carbocycles. The second kappa shape index (κ2) is 8.25. The molecule has 136 valence electrons. The third-order valence-electron chi connectivity index (χ3n) is 4.59. The van der Waals surface area contributed by atoms with Gasteiger partial charge in [-0.25, -0.2) is 0 Å². The summed E-state index contributed by atoms with van der Waals surface area (Å²) < 4.78 is 0. The van der Waals surface area contributed by atoms with Crippen LogP contribution < -0.4 is 5.32 Å². The van der Waals surface area contributed by atoms with E-state index in [1.807, 2.05) is 20.8 Å². The monoisotopic (exact) mass is 344 g/mol. The Balaban J connectivity index is 2.04. The van der Waals surface area contributed by atoms with Gasteiger partial charge in [-0.2, -0.15) is 0 Å². The zero-order valence-electron chi connectivity index (χ0n) is 15.2. The maximum Gasteiger partial charge on any atom is 0.256 e. The van der Waals surface area contributed by atoms with E-state index in [0.29, 0.717) is 29.9 Å². The molecule has 0 aromatic heterocycles. The van der Waals surface area contributed by atoms with Gasteiger partial charge in [0, 0.05) is 36.6 Å². The number of nitrogens with zero attached hydrogens (tertiary/aromatic N) is 2. The van der Waals surface area contributed by atoms with Crippen molar-refractivity contribution in [1.29, 1.82) is 5.41 Å². The number of allylic oxidation sites excluding steroid dienone is 1. The third kappa shape index (κ3) is 4.45. The smallest absolute Gasteiger partial charge is 0.256 e. The quantitative estimate of drug-likeness (QED) is 0.713. The molecule has 3 N–H and O–H groups in total. The number of carbonyl (C=O) groups is 1. The lowest BCUT2D eigenvalue weighted by atomic mass is 9.97. The molecule has 2 heterocycles. The molecule has 1 fully saturated rings. The summed E-state index contributed by atoms with van der Waals surface area (Å²) >= 11 is 0. The Labute approximate surface area is 149 Å². The van der Waals surface area contributed by atoms with E-state index < -0.39 is 6.10 Å². The first-order valence-electron chi connectivity index (χ1n) is 8.76. The summed E-state index contributed by atoms with van der Waals surface area (Å²) in [7, 11) is 0. The number of carbonyl (C=O) groups excluding carboxylic acids is 1. The standard InChI is InChI=1S/C19H28N4O2/c1-5-15-16(9-21-10-17(15)20)19(25)23-8-6-7-14(11-23)22-13(4)18(24)12(2)3/h5,9-10,12,14,18,20,22,24H,4,6-8,11H2,1-3H3/b15-5-,20-17?/t14?,18-/m1/s1. The molecule has 0 spiro atoms. The number of hydrogen-bond donors (Lipinski definition) is 3. The van der Waals surface area contributed by atoms with Crippen molar-refractivity contribution >= 4 is 17.8 Å². The van der Waals surface area contributed by atoms with Crippen molar-refractivity contribution in [3.8, 4) is 0 Å². The molecule has 2 aliphatic rings. The predicted octanol–water partition coefficient (Wildman–Crippen LogP) is 2.03. The maximum atomic E-state index is 12.9. The molecule has 1 unspecified atom stereocenters. The van der Waals surface area contributed by atoms with Gasteiger partial charge in [0.1, 0.15) is 0 Å². The van der Waals surface area contributed by atoms with Crippen molar-refractivity contribution in [2.45, 2.75) is 45.8 Å². The van der Waals surface area contributed by atoms with Gasteiger partial charge in [0.2, 0.25) is 0 Å². The van der Waals surface area contributed by atoms with Crippen molar-refractivity contribution in [2.24, 2.45) is 10.9 Å². The van der Waals surface area contributed by atoms with Crippen LogP contribution in [0.25, 0.3) is 0 Å². The zero-order valence-corrected chi connectivity index (χ0v) is 15.2. The van der Waals surface area contributed by atoms with Crippen LogP contribution in [0.15, 0.2) is 40.7 Å². The first-order valence-corrected chi connectivity index (χ1v) is 8.76. The largest absolute Gasteiger partial charge is 0.387 e. The molecule has 1 amide bonds. The second-order valence-electron chi connectivity index (χ2n) is 6.89. The van der Waals surface area contributed by atoms with E-state index in [0.717, 1.165) is 12.8 Å². The Morgan fingerprint density at radius 1 is 1.56 bits per heavy atom. The van der Waals surface area contributed by atoms with Crippen molar-refractivity contribution in [3.63, 3.8) is 0 Å². The van der Waals surface area contributed by atoms with Gasteiger partial charge in [-0.3, -0.25) is 15.2 Å². The highest BCUT2D eigenvalue weighted by Crippen LogP contribution is 2.21. The van der Waals surface area contributed by atoms with E-state index in [1.165, 1.54) is 12.4 Å². The van der Waals surface area contributed by atoms with E-state index in [9.17, 15) is 9.90 Å². The molecule has 0 aliphatic carbocycles. The highest BCUT2D eigenvalue weighted by molar-refractivity contribution is 6.40.